The molecule has 0 radical (unpaired) electrons. The molecule has 1 aromatic heterocycles. The molecule has 0 aliphatic heterocycles. The third-order valence-corrected chi connectivity index (χ3v) is 2.16. The molecule has 0 N–H and O–H groups in total. The van der Waals surface area contributed by atoms with Gasteiger partial charge in [0.1, 0.15) is 5.78 Å². The van der Waals surface area contributed by atoms with Crippen molar-refractivity contribution >= 4 is 5.78 Å². The van der Waals surface area contributed by atoms with Gasteiger partial charge in [0.2, 0.25) is 0 Å². The van der Waals surface area contributed by atoms with Crippen molar-refractivity contribution < 1.29 is 4.79 Å². The van der Waals surface area contributed by atoms with Crippen molar-refractivity contribution in [3.05, 3.63) is 29.6 Å². The Morgan fingerprint density at radius 2 is 2.21 bits per heavy atom. The molecular weight excluding hydrogens is 174 g/mol. The molecule has 0 aliphatic carbocycles. The Labute approximate surface area is 85.4 Å². The van der Waals surface area contributed by atoms with E-state index in [1.807, 2.05) is 25.3 Å². The van der Waals surface area contributed by atoms with E-state index >= 15 is 0 Å². The number of pyridine rings is 1. The SMILES string of the molecule is CCCCC(=O)Cc1ccc(C)cn1. The summed E-state index contributed by atoms with van der Waals surface area (Å²) in [6.45, 7) is 4.09. The van der Waals surface area contributed by atoms with E-state index in [0.717, 1.165) is 24.1 Å². The molecule has 0 amide bonds. The first-order valence-corrected chi connectivity index (χ1v) is 5.15. The van der Waals surface area contributed by atoms with Crippen LogP contribution < -0.4 is 0 Å². The summed E-state index contributed by atoms with van der Waals surface area (Å²) in [7, 11) is 0. The zero-order valence-corrected chi connectivity index (χ0v) is 8.92. The van der Waals surface area contributed by atoms with Crippen LogP contribution in [0.2, 0.25) is 0 Å². The van der Waals surface area contributed by atoms with Crippen LogP contribution in [0.5, 0.6) is 0 Å². The highest BCUT2D eigenvalue weighted by Gasteiger charge is 2.03. The number of aromatic nitrogens is 1. The molecule has 2 nitrogen and oxygen atoms in total. The van der Waals surface area contributed by atoms with Crippen LogP contribution in [0.4, 0.5) is 0 Å². The first kappa shape index (κ1) is 10.9. The molecule has 0 saturated heterocycles. The van der Waals surface area contributed by atoms with Crippen molar-refractivity contribution in [1.82, 2.24) is 4.98 Å². The van der Waals surface area contributed by atoms with Crippen molar-refractivity contribution in [2.45, 2.75) is 39.5 Å². The lowest BCUT2D eigenvalue weighted by molar-refractivity contribution is -0.118. The molecule has 1 aromatic rings. The predicted octanol–water partition coefficient (Wildman–Crippen LogP) is 2.69. The second-order valence-corrected chi connectivity index (χ2v) is 3.65. The van der Waals surface area contributed by atoms with Crippen molar-refractivity contribution in [1.29, 1.82) is 0 Å². The van der Waals surface area contributed by atoms with Crippen LogP contribution in [0.25, 0.3) is 0 Å². The summed E-state index contributed by atoms with van der Waals surface area (Å²) in [4.78, 5) is 15.6. The number of hydrogen-bond acceptors (Lipinski definition) is 2. The van der Waals surface area contributed by atoms with Gasteiger partial charge in [0, 0.05) is 24.7 Å². The summed E-state index contributed by atoms with van der Waals surface area (Å²) < 4.78 is 0. The van der Waals surface area contributed by atoms with E-state index in [4.69, 9.17) is 0 Å². The Balaban J connectivity index is 2.44. The molecule has 1 heterocycles. The largest absolute Gasteiger partial charge is 0.299 e. The van der Waals surface area contributed by atoms with E-state index < -0.39 is 0 Å². The van der Waals surface area contributed by atoms with Crippen molar-refractivity contribution in [3.8, 4) is 0 Å². The van der Waals surface area contributed by atoms with Gasteiger partial charge in [-0.1, -0.05) is 19.4 Å². The van der Waals surface area contributed by atoms with Gasteiger partial charge in [0.15, 0.2) is 0 Å². The maximum atomic E-state index is 11.4. The molecule has 0 saturated carbocycles. The molecule has 0 aromatic carbocycles. The van der Waals surface area contributed by atoms with Crippen LogP contribution in [0.3, 0.4) is 0 Å². The topological polar surface area (TPSA) is 30.0 Å². The van der Waals surface area contributed by atoms with Gasteiger partial charge in [0.05, 0.1) is 0 Å². The number of hydrogen-bond donors (Lipinski definition) is 0. The summed E-state index contributed by atoms with van der Waals surface area (Å²) in [6.07, 6.45) is 5.05. The summed E-state index contributed by atoms with van der Waals surface area (Å²) in [5.74, 6) is 0.295. The average molecular weight is 191 g/mol. The minimum Gasteiger partial charge on any atom is -0.299 e. The zero-order chi connectivity index (χ0) is 10.4. The minimum atomic E-state index is 0.295. The van der Waals surface area contributed by atoms with Crippen LogP contribution in [0.1, 0.15) is 37.4 Å². The van der Waals surface area contributed by atoms with Crippen molar-refractivity contribution in [2.24, 2.45) is 0 Å². The van der Waals surface area contributed by atoms with Crippen LogP contribution in [-0.4, -0.2) is 10.8 Å². The number of aryl methyl sites for hydroxylation is 1. The molecule has 0 atom stereocenters. The summed E-state index contributed by atoms with van der Waals surface area (Å²) in [6, 6.07) is 3.93. The molecule has 1 rings (SSSR count). The van der Waals surface area contributed by atoms with E-state index in [9.17, 15) is 4.79 Å². The molecule has 0 unspecified atom stereocenters. The van der Waals surface area contributed by atoms with E-state index in [1.54, 1.807) is 0 Å². The highest BCUT2D eigenvalue weighted by molar-refractivity contribution is 5.80. The number of unbranched alkanes of at least 4 members (excludes halogenated alkanes) is 1. The molecule has 2 heteroatoms. The van der Waals surface area contributed by atoms with Crippen LogP contribution in [-0.2, 0) is 11.2 Å². The van der Waals surface area contributed by atoms with Gasteiger partial charge in [0.25, 0.3) is 0 Å². The normalized spacial score (nSPS) is 10.1. The lowest BCUT2D eigenvalue weighted by Crippen LogP contribution is -2.03. The maximum absolute atomic E-state index is 11.4. The van der Waals surface area contributed by atoms with Crippen LogP contribution in [0.15, 0.2) is 18.3 Å². The third-order valence-electron chi connectivity index (χ3n) is 2.16. The van der Waals surface area contributed by atoms with Gasteiger partial charge < -0.3 is 0 Å². The van der Waals surface area contributed by atoms with E-state index in [-0.39, 0.29) is 0 Å². The monoisotopic (exact) mass is 191 g/mol. The van der Waals surface area contributed by atoms with E-state index in [0.29, 0.717) is 18.6 Å². The lowest BCUT2D eigenvalue weighted by Gasteiger charge is -2.00. The molecule has 0 aliphatic rings. The number of carbonyl (C=O) groups is 1. The second-order valence-electron chi connectivity index (χ2n) is 3.65. The number of nitrogens with zero attached hydrogens (tertiary/aromatic N) is 1. The summed E-state index contributed by atoms with van der Waals surface area (Å²) in [5.41, 5.74) is 2.02. The fourth-order valence-electron chi connectivity index (χ4n) is 1.27. The Morgan fingerprint density at radius 1 is 1.43 bits per heavy atom. The fraction of sp³-hybridized carbons (Fsp3) is 0.500. The zero-order valence-electron chi connectivity index (χ0n) is 8.92. The quantitative estimate of drug-likeness (QED) is 0.716. The number of carbonyl (C=O) groups excluding carboxylic acids is 1. The first-order chi connectivity index (χ1) is 6.72. The summed E-state index contributed by atoms with van der Waals surface area (Å²) >= 11 is 0. The fourth-order valence-corrected chi connectivity index (χ4v) is 1.27. The number of ketones is 1. The molecule has 0 spiro atoms. The Morgan fingerprint density at radius 3 is 2.79 bits per heavy atom. The summed E-state index contributed by atoms with van der Waals surface area (Å²) in [5, 5.41) is 0. The van der Waals surface area contributed by atoms with Gasteiger partial charge in [-0.15, -0.1) is 0 Å². The van der Waals surface area contributed by atoms with Gasteiger partial charge in [-0.25, -0.2) is 0 Å². The molecule has 14 heavy (non-hydrogen) atoms. The third kappa shape index (κ3) is 3.69. The highest BCUT2D eigenvalue weighted by atomic mass is 16.1. The standard InChI is InChI=1S/C12H17NO/c1-3-4-5-12(14)8-11-7-6-10(2)9-13-11/h6-7,9H,3-5,8H2,1-2H3. The van der Waals surface area contributed by atoms with Crippen LogP contribution in [0, 0.1) is 6.92 Å². The van der Waals surface area contributed by atoms with Gasteiger partial charge >= 0.3 is 0 Å². The van der Waals surface area contributed by atoms with Crippen molar-refractivity contribution in [3.63, 3.8) is 0 Å². The average Bonchev–Trinajstić information content (AvgIpc) is 2.18. The number of rotatable bonds is 5. The first-order valence-electron chi connectivity index (χ1n) is 5.15. The van der Waals surface area contributed by atoms with Gasteiger partial charge in [-0.05, 0) is 25.0 Å². The number of Topliss-reactive ketones (excluding diaryl/α,β-unsaturated/α-hetero) is 1. The van der Waals surface area contributed by atoms with Gasteiger partial charge in [-0.2, -0.15) is 0 Å². The Bertz CT molecular complexity index is 290. The highest BCUT2D eigenvalue weighted by Crippen LogP contribution is 2.03. The van der Waals surface area contributed by atoms with Crippen LogP contribution >= 0.6 is 0 Å². The smallest absolute Gasteiger partial charge is 0.138 e. The molecular formula is C12H17NO. The maximum Gasteiger partial charge on any atom is 0.138 e. The molecule has 0 bridgehead atoms. The minimum absolute atomic E-state index is 0.295. The second kappa shape index (κ2) is 5.53. The van der Waals surface area contributed by atoms with Gasteiger partial charge in [-0.3, -0.25) is 9.78 Å². The lowest BCUT2D eigenvalue weighted by atomic mass is 10.1. The molecule has 76 valence electrons. The van der Waals surface area contributed by atoms with E-state index in [2.05, 4.69) is 11.9 Å². The Kier molecular flexibility index (Phi) is 4.30. The predicted molar refractivity (Wildman–Crippen MR) is 57.2 cm³/mol. The van der Waals surface area contributed by atoms with E-state index in [1.165, 1.54) is 0 Å². The Hall–Kier alpha value is -1.18. The van der Waals surface area contributed by atoms with Crippen molar-refractivity contribution in [2.75, 3.05) is 0 Å². The molecule has 0 fully saturated rings.